The van der Waals surface area contributed by atoms with Crippen LogP contribution in [0.1, 0.15) is 24.8 Å². The molecule has 2 aliphatic rings. The second kappa shape index (κ2) is 3.92. The Labute approximate surface area is 109 Å². The topological polar surface area (TPSA) is 40.5 Å². The molecule has 5 heteroatoms. The molecule has 1 unspecified atom stereocenters. The van der Waals surface area contributed by atoms with Crippen molar-refractivity contribution in [1.29, 1.82) is 0 Å². The van der Waals surface area contributed by atoms with E-state index in [9.17, 15) is 18.7 Å². The van der Waals surface area contributed by atoms with Gasteiger partial charge in [0.2, 0.25) is 0 Å². The third-order valence-electron chi connectivity index (χ3n) is 4.16. The highest BCUT2D eigenvalue weighted by molar-refractivity contribution is 5.90. The number of hydrogen-bond donors (Lipinski definition) is 1. The molecular weight excluding hydrogens is 252 g/mol. The highest BCUT2D eigenvalue weighted by Gasteiger charge is 2.78. The zero-order valence-corrected chi connectivity index (χ0v) is 10.4. The molecule has 1 heterocycles. The first-order valence-electron chi connectivity index (χ1n) is 6.45. The lowest BCUT2D eigenvalue weighted by Crippen LogP contribution is -2.30. The van der Waals surface area contributed by atoms with E-state index in [1.54, 1.807) is 18.2 Å². The van der Waals surface area contributed by atoms with Gasteiger partial charge in [-0.2, -0.15) is 0 Å². The molecule has 1 aromatic carbocycles. The number of halogens is 2. The first kappa shape index (κ1) is 12.4. The maximum Gasteiger partial charge on any atom is 0.320 e. The Balaban J connectivity index is 2.08. The maximum absolute atomic E-state index is 13.7. The van der Waals surface area contributed by atoms with Crippen LogP contribution in [0.15, 0.2) is 24.3 Å². The number of alkyl halides is 2. The first-order valence-corrected chi connectivity index (χ1v) is 6.45. The van der Waals surface area contributed by atoms with Gasteiger partial charge in [0.05, 0.1) is 0 Å². The van der Waals surface area contributed by atoms with Crippen LogP contribution in [0.4, 0.5) is 14.5 Å². The Hall–Kier alpha value is -1.65. The van der Waals surface area contributed by atoms with Crippen molar-refractivity contribution in [2.24, 2.45) is 0 Å². The van der Waals surface area contributed by atoms with Gasteiger partial charge in [-0.3, -0.25) is 4.79 Å². The van der Waals surface area contributed by atoms with Crippen LogP contribution < -0.4 is 4.90 Å². The van der Waals surface area contributed by atoms with Crippen molar-refractivity contribution in [1.82, 2.24) is 0 Å². The molecule has 3 nitrogen and oxygen atoms in total. The van der Waals surface area contributed by atoms with E-state index in [4.69, 9.17) is 0 Å². The quantitative estimate of drug-likeness (QED) is 0.915. The van der Waals surface area contributed by atoms with Crippen molar-refractivity contribution in [2.75, 3.05) is 18.0 Å². The standard InChI is InChI=1S/C14H15F2NO2/c15-14(16)9-13(14,12(18)19)10-5-1-2-6-11(10)17-7-3-4-8-17/h1-2,5-6H,3-4,7-9H2,(H,18,19). The van der Waals surface area contributed by atoms with Gasteiger partial charge in [-0.15, -0.1) is 0 Å². The summed E-state index contributed by atoms with van der Waals surface area (Å²) in [4.78, 5) is 13.4. The van der Waals surface area contributed by atoms with E-state index in [1.807, 2.05) is 4.90 Å². The van der Waals surface area contributed by atoms with Crippen molar-refractivity contribution in [2.45, 2.75) is 30.6 Å². The van der Waals surface area contributed by atoms with Crippen molar-refractivity contribution >= 4 is 11.7 Å². The SMILES string of the molecule is O=C(O)C1(c2ccccc2N2CCCC2)CC1(F)F. The molecule has 3 rings (SSSR count). The van der Waals surface area contributed by atoms with Crippen LogP contribution in [0.3, 0.4) is 0 Å². The molecule has 19 heavy (non-hydrogen) atoms. The summed E-state index contributed by atoms with van der Waals surface area (Å²) in [6.45, 7) is 1.61. The summed E-state index contributed by atoms with van der Waals surface area (Å²) in [5, 5.41) is 9.26. The Morgan fingerprint density at radius 3 is 2.32 bits per heavy atom. The van der Waals surface area contributed by atoms with Gasteiger partial charge < -0.3 is 10.0 Å². The fourth-order valence-electron chi connectivity index (χ4n) is 3.00. The van der Waals surface area contributed by atoms with Gasteiger partial charge >= 0.3 is 5.97 Å². The highest BCUT2D eigenvalue weighted by atomic mass is 19.3. The summed E-state index contributed by atoms with van der Waals surface area (Å²) in [7, 11) is 0. The third kappa shape index (κ3) is 1.64. The second-order valence-corrected chi connectivity index (χ2v) is 5.30. The van der Waals surface area contributed by atoms with E-state index in [1.165, 1.54) is 6.07 Å². The molecule has 1 saturated heterocycles. The van der Waals surface area contributed by atoms with E-state index < -0.39 is 23.7 Å². The molecule has 0 amide bonds. The zero-order chi connectivity index (χ0) is 13.7. The molecule has 1 saturated carbocycles. The fraction of sp³-hybridized carbons (Fsp3) is 0.500. The molecule has 1 atom stereocenters. The minimum absolute atomic E-state index is 0.259. The van der Waals surface area contributed by atoms with Gasteiger partial charge in [0.1, 0.15) is 0 Å². The van der Waals surface area contributed by atoms with Crippen LogP contribution >= 0.6 is 0 Å². The van der Waals surface area contributed by atoms with Gasteiger partial charge in [-0.25, -0.2) is 8.78 Å². The molecule has 0 bridgehead atoms. The number of anilines is 1. The smallest absolute Gasteiger partial charge is 0.320 e. The normalized spacial score (nSPS) is 28.4. The number of carboxylic acid groups (broad SMARTS) is 1. The van der Waals surface area contributed by atoms with E-state index in [0.29, 0.717) is 5.69 Å². The third-order valence-corrected chi connectivity index (χ3v) is 4.16. The van der Waals surface area contributed by atoms with Gasteiger partial charge in [-0.1, -0.05) is 18.2 Å². The number of aliphatic carboxylic acids is 1. The van der Waals surface area contributed by atoms with Crippen LogP contribution in [0.2, 0.25) is 0 Å². The van der Waals surface area contributed by atoms with Crippen LogP contribution in [0.25, 0.3) is 0 Å². The van der Waals surface area contributed by atoms with Crippen molar-refractivity contribution in [3.63, 3.8) is 0 Å². The van der Waals surface area contributed by atoms with E-state index in [-0.39, 0.29) is 5.56 Å². The number of hydrogen-bond acceptors (Lipinski definition) is 2. The highest BCUT2D eigenvalue weighted by Crippen LogP contribution is 2.63. The second-order valence-electron chi connectivity index (χ2n) is 5.30. The average Bonchev–Trinajstić information content (AvgIpc) is 2.79. The number of para-hydroxylation sites is 1. The molecule has 1 aliphatic heterocycles. The molecule has 0 radical (unpaired) electrons. The molecule has 1 aliphatic carbocycles. The number of carboxylic acids is 1. The lowest BCUT2D eigenvalue weighted by Gasteiger charge is -2.24. The van der Waals surface area contributed by atoms with Crippen molar-refractivity contribution in [3.05, 3.63) is 29.8 Å². The Morgan fingerprint density at radius 1 is 1.21 bits per heavy atom. The van der Waals surface area contributed by atoms with E-state index >= 15 is 0 Å². The van der Waals surface area contributed by atoms with Crippen LogP contribution in [-0.4, -0.2) is 30.1 Å². The molecule has 1 N–H and O–H groups in total. The molecule has 2 fully saturated rings. The van der Waals surface area contributed by atoms with Crippen molar-refractivity contribution < 1.29 is 18.7 Å². The Bertz CT molecular complexity index is 526. The molecular formula is C14H15F2NO2. The van der Waals surface area contributed by atoms with Gasteiger partial charge in [-0.05, 0) is 24.5 Å². The number of nitrogens with zero attached hydrogens (tertiary/aromatic N) is 1. The predicted octanol–water partition coefficient (Wildman–Crippen LogP) is 2.65. The summed E-state index contributed by atoms with van der Waals surface area (Å²) in [5.41, 5.74) is -1.11. The monoisotopic (exact) mass is 267 g/mol. The van der Waals surface area contributed by atoms with Gasteiger partial charge in [0.25, 0.3) is 5.92 Å². The van der Waals surface area contributed by atoms with Gasteiger partial charge in [0.15, 0.2) is 5.41 Å². The lowest BCUT2D eigenvalue weighted by atomic mass is 9.93. The summed E-state index contributed by atoms with van der Waals surface area (Å²) < 4.78 is 27.3. The van der Waals surface area contributed by atoms with E-state index in [0.717, 1.165) is 25.9 Å². The first-order chi connectivity index (χ1) is 8.99. The fourth-order valence-corrected chi connectivity index (χ4v) is 3.00. The van der Waals surface area contributed by atoms with Crippen LogP contribution in [0, 0.1) is 0 Å². The largest absolute Gasteiger partial charge is 0.480 e. The Kier molecular flexibility index (Phi) is 2.56. The summed E-state index contributed by atoms with van der Waals surface area (Å²) in [5.74, 6) is -4.57. The van der Waals surface area contributed by atoms with Gasteiger partial charge in [0, 0.05) is 25.2 Å². The van der Waals surface area contributed by atoms with E-state index in [2.05, 4.69) is 0 Å². The average molecular weight is 267 g/mol. The maximum atomic E-state index is 13.7. The predicted molar refractivity (Wildman–Crippen MR) is 66.8 cm³/mol. The minimum Gasteiger partial charge on any atom is -0.480 e. The minimum atomic E-state index is -3.14. The molecule has 0 aromatic heterocycles. The summed E-state index contributed by atoms with van der Waals surface area (Å²) in [6.07, 6.45) is 1.44. The number of benzene rings is 1. The molecule has 102 valence electrons. The Morgan fingerprint density at radius 2 is 1.79 bits per heavy atom. The van der Waals surface area contributed by atoms with Crippen LogP contribution in [-0.2, 0) is 10.2 Å². The summed E-state index contributed by atoms with van der Waals surface area (Å²) >= 11 is 0. The van der Waals surface area contributed by atoms with Crippen molar-refractivity contribution in [3.8, 4) is 0 Å². The summed E-state index contributed by atoms with van der Waals surface area (Å²) in [6, 6.07) is 6.68. The molecule has 0 spiro atoms. The zero-order valence-electron chi connectivity index (χ0n) is 10.4. The van der Waals surface area contributed by atoms with Crippen LogP contribution in [0.5, 0.6) is 0 Å². The number of carbonyl (C=O) groups is 1. The lowest BCUT2D eigenvalue weighted by molar-refractivity contribution is -0.142. The molecule has 1 aromatic rings. The number of rotatable bonds is 3.